The number of hydrogen-bond donors (Lipinski definition) is 1. The zero-order chi connectivity index (χ0) is 13.7. The molecule has 0 aliphatic heterocycles. The van der Waals surface area contributed by atoms with Crippen LogP contribution in [0, 0.1) is 5.82 Å². The molecular weight excluding hydrogens is 267 g/mol. The van der Waals surface area contributed by atoms with Gasteiger partial charge in [-0.15, -0.1) is 0 Å². The molecule has 0 saturated heterocycles. The third kappa shape index (κ3) is 3.83. The van der Waals surface area contributed by atoms with Gasteiger partial charge in [-0.3, -0.25) is 0 Å². The Morgan fingerprint density at radius 1 is 1.32 bits per heavy atom. The minimum atomic E-state index is -0.457. The van der Waals surface area contributed by atoms with Crippen molar-refractivity contribution in [2.45, 2.75) is 13.5 Å². The van der Waals surface area contributed by atoms with Gasteiger partial charge in [-0.05, 0) is 31.2 Å². The normalized spacial score (nSPS) is 10.3. The largest absolute Gasteiger partial charge is 0.487 e. The van der Waals surface area contributed by atoms with Crippen LogP contribution < -0.4 is 10.1 Å². The highest BCUT2D eigenvalue weighted by Crippen LogP contribution is 2.21. The SMILES string of the molecule is CCNc1cccc(COc2ccc(F)c(Cl)c2)n1. The number of hydrogen-bond acceptors (Lipinski definition) is 3. The average Bonchev–Trinajstić information content (AvgIpc) is 2.41. The van der Waals surface area contributed by atoms with Crippen LogP contribution in [0.4, 0.5) is 10.2 Å². The highest BCUT2D eigenvalue weighted by atomic mass is 35.5. The molecule has 1 aromatic heterocycles. The van der Waals surface area contributed by atoms with Crippen molar-refractivity contribution in [2.24, 2.45) is 0 Å². The van der Waals surface area contributed by atoms with Gasteiger partial charge in [-0.2, -0.15) is 0 Å². The van der Waals surface area contributed by atoms with Crippen LogP contribution in [-0.4, -0.2) is 11.5 Å². The van der Waals surface area contributed by atoms with E-state index in [-0.39, 0.29) is 5.02 Å². The molecule has 0 aliphatic carbocycles. The maximum atomic E-state index is 13.0. The maximum absolute atomic E-state index is 13.0. The van der Waals surface area contributed by atoms with Crippen molar-refractivity contribution < 1.29 is 9.13 Å². The fraction of sp³-hybridized carbons (Fsp3) is 0.214. The summed E-state index contributed by atoms with van der Waals surface area (Å²) in [6.07, 6.45) is 0. The van der Waals surface area contributed by atoms with Crippen molar-refractivity contribution in [2.75, 3.05) is 11.9 Å². The summed E-state index contributed by atoms with van der Waals surface area (Å²) >= 11 is 5.68. The molecule has 0 spiro atoms. The van der Waals surface area contributed by atoms with E-state index >= 15 is 0 Å². The second-order valence-corrected chi connectivity index (χ2v) is 4.32. The molecule has 0 saturated carbocycles. The molecule has 0 amide bonds. The van der Waals surface area contributed by atoms with Gasteiger partial charge in [0.1, 0.15) is 24.0 Å². The first kappa shape index (κ1) is 13.6. The summed E-state index contributed by atoms with van der Waals surface area (Å²) in [7, 11) is 0. The summed E-state index contributed by atoms with van der Waals surface area (Å²) < 4.78 is 18.5. The molecule has 1 aromatic carbocycles. The van der Waals surface area contributed by atoms with Gasteiger partial charge in [-0.1, -0.05) is 17.7 Å². The van der Waals surface area contributed by atoms with E-state index in [9.17, 15) is 4.39 Å². The second-order valence-electron chi connectivity index (χ2n) is 3.91. The van der Waals surface area contributed by atoms with E-state index in [0.29, 0.717) is 12.4 Å². The monoisotopic (exact) mass is 280 g/mol. The van der Waals surface area contributed by atoms with Crippen LogP contribution in [-0.2, 0) is 6.61 Å². The van der Waals surface area contributed by atoms with Crippen LogP contribution in [0.1, 0.15) is 12.6 Å². The molecule has 0 aliphatic rings. The van der Waals surface area contributed by atoms with Crippen molar-refractivity contribution in [1.82, 2.24) is 4.98 Å². The standard InChI is InChI=1S/C14H14ClFN2O/c1-2-17-14-5-3-4-10(18-14)9-19-11-6-7-13(16)12(15)8-11/h3-8H,2,9H2,1H3,(H,17,18). The summed E-state index contributed by atoms with van der Waals surface area (Å²) in [4.78, 5) is 4.37. The minimum Gasteiger partial charge on any atom is -0.487 e. The summed E-state index contributed by atoms with van der Waals surface area (Å²) in [5, 5.41) is 3.17. The van der Waals surface area contributed by atoms with Crippen LogP contribution in [0.2, 0.25) is 5.02 Å². The van der Waals surface area contributed by atoms with E-state index in [4.69, 9.17) is 16.3 Å². The van der Waals surface area contributed by atoms with Crippen molar-refractivity contribution in [3.8, 4) is 5.75 Å². The van der Waals surface area contributed by atoms with Crippen molar-refractivity contribution in [3.05, 3.63) is 52.9 Å². The van der Waals surface area contributed by atoms with Crippen molar-refractivity contribution >= 4 is 17.4 Å². The van der Waals surface area contributed by atoms with E-state index in [1.165, 1.54) is 18.2 Å². The maximum Gasteiger partial charge on any atom is 0.142 e. The van der Waals surface area contributed by atoms with E-state index in [2.05, 4.69) is 10.3 Å². The van der Waals surface area contributed by atoms with Gasteiger partial charge >= 0.3 is 0 Å². The van der Waals surface area contributed by atoms with Gasteiger partial charge < -0.3 is 10.1 Å². The molecule has 0 unspecified atom stereocenters. The predicted octanol–water partition coefficient (Wildman–Crippen LogP) is 3.88. The number of halogens is 2. The molecule has 0 bridgehead atoms. The fourth-order valence-corrected chi connectivity index (χ4v) is 1.73. The number of pyridine rings is 1. The topological polar surface area (TPSA) is 34.1 Å². The third-order valence-electron chi connectivity index (χ3n) is 2.44. The van der Waals surface area contributed by atoms with Crippen molar-refractivity contribution in [1.29, 1.82) is 0 Å². The lowest BCUT2D eigenvalue weighted by Gasteiger charge is -2.08. The second kappa shape index (κ2) is 6.38. The van der Waals surface area contributed by atoms with Crippen LogP contribution in [0.15, 0.2) is 36.4 Å². The molecular formula is C14H14ClFN2O. The molecule has 1 heterocycles. The van der Waals surface area contributed by atoms with Crippen molar-refractivity contribution in [3.63, 3.8) is 0 Å². The molecule has 0 fully saturated rings. The average molecular weight is 281 g/mol. The molecule has 2 aromatic rings. The number of benzene rings is 1. The molecule has 0 atom stereocenters. The van der Waals surface area contributed by atoms with E-state index < -0.39 is 5.82 Å². The van der Waals surface area contributed by atoms with Gasteiger partial charge in [0.15, 0.2) is 0 Å². The Morgan fingerprint density at radius 2 is 2.16 bits per heavy atom. The molecule has 3 nitrogen and oxygen atoms in total. The smallest absolute Gasteiger partial charge is 0.142 e. The van der Waals surface area contributed by atoms with Gasteiger partial charge in [0.05, 0.1) is 10.7 Å². The highest BCUT2D eigenvalue weighted by molar-refractivity contribution is 6.30. The Kier molecular flexibility index (Phi) is 4.58. The third-order valence-corrected chi connectivity index (χ3v) is 2.73. The summed E-state index contributed by atoms with van der Waals surface area (Å²) in [5.74, 6) is 0.865. The highest BCUT2D eigenvalue weighted by Gasteiger charge is 2.03. The summed E-state index contributed by atoms with van der Waals surface area (Å²) in [5.41, 5.74) is 0.791. The number of aromatic nitrogens is 1. The van der Waals surface area contributed by atoms with Crippen LogP contribution >= 0.6 is 11.6 Å². The number of ether oxygens (including phenoxy) is 1. The predicted molar refractivity (Wildman–Crippen MR) is 74.1 cm³/mol. The lowest BCUT2D eigenvalue weighted by Crippen LogP contribution is -2.03. The van der Waals surface area contributed by atoms with Crippen LogP contribution in [0.5, 0.6) is 5.75 Å². The number of nitrogens with zero attached hydrogens (tertiary/aromatic N) is 1. The first-order chi connectivity index (χ1) is 9.19. The van der Waals surface area contributed by atoms with E-state index in [0.717, 1.165) is 18.1 Å². The fourth-order valence-electron chi connectivity index (χ4n) is 1.56. The van der Waals surface area contributed by atoms with Gasteiger partial charge in [-0.25, -0.2) is 9.37 Å². The van der Waals surface area contributed by atoms with Crippen LogP contribution in [0.3, 0.4) is 0 Å². The molecule has 19 heavy (non-hydrogen) atoms. The van der Waals surface area contributed by atoms with E-state index in [1.807, 2.05) is 25.1 Å². The van der Waals surface area contributed by atoms with Crippen LogP contribution in [0.25, 0.3) is 0 Å². The molecule has 1 N–H and O–H groups in total. The summed E-state index contributed by atoms with van der Waals surface area (Å²) in [6, 6.07) is 9.93. The van der Waals surface area contributed by atoms with Gasteiger partial charge in [0, 0.05) is 12.6 Å². The lowest BCUT2D eigenvalue weighted by atomic mass is 10.3. The van der Waals surface area contributed by atoms with Gasteiger partial charge in [0.2, 0.25) is 0 Å². The lowest BCUT2D eigenvalue weighted by molar-refractivity contribution is 0.301. The number of anilines is 1. The molecule has 5 heteroatoms. The zero-order valence-electron chi connectivity index (χ0n) is 10.5. The first-order valence-electron chi connectivity index (χ1n) is 5.96. The summed E-state index contributed by atoms with van der Waals surface area (Å²) in [6.45, 7) is 3.12. The molecule has 2 rings (SSSR count). The Morgan fingerprint density at radius 3 is 2.89 bits per heavy atom. The molecule has 100 valence electrons. The Hall–Kier alpha value is -1.81. The minimum absolute atomic E-state index is 0.0480. The Labute approximate surface area is 116 Å². The number of rotatable bonds is 5. The Balaban J connectivity index is 2.01. The molecule has 0 radical (unpaired) electrons. The Bertz CT molecular complexity index is 563. The van der Waals surface area contributed by atoms with Gasteiger partial charge in [0.25, 0.3) is 0 Å². The first-order valence-corrected chi connectivity index (χ1v) is 6.34. The quantitative estimate of drug-likeness (QED) is 0.902. The zero-order valence-corrected chi connectivity index (χ0v) is 11.2. The van der Waals surface area contributed by atoms with E-state index in [1.54, 1.807) is 0 Å². The number of nitrogens with one attached hydrogen (secondary N) is 1.